The second-order valence-electron chi connectivity index (χ2n) is 7.81. The number of piperidine rings is 1. The molecule has 0 aromatic heterocycles. The van der Waals surface area contributed by atoms with E-state index < -0.39 is 0 Å². The Labute approximate surface area is 159 Å². The van der Waals surface area contributed by atoms with Crippen molar-refractivity contribution < 1.29 is 4.79 Å². The van der Waals surface area contributed by atoms with Gasteiger partial charge in [-0.2, -0.15) is 0 Å². The molecule has 1 N–H and O–H groups in total. The molecule has 1 aliphatic rings. The Bertz CT molecular complexity index is 557. The average Bonchev–Trinajstić information content (AvgIpc) is 2.66. The Morgan fingerprint density at radius 1 is 1.19 bits per heavy atom. The standard InChI is InChI=1S/C23H36N2O/c1-4-5-7-12-21(17-20-10-8-6-9-11-20)18-24-22-13-15-25(16-14-22)23(26)19(2)3/h6,8-11,17,19,22,24H,4-5,7,12-16,18H2,1-3H3/b21-17-. The number of hydrogen-bond acceptors (Lipinski definition) is 2. The van der Waals surface area contributed by atoms with E-state index in [1.165, 1.54) is 36.8 Å². The highest BCUT2D eigenvalue weighted by molar-refractivity contribution is 5.78. The molecule has 1 amide bonds. The number of nitrogens with one attached hydrogen (secondary N) is 1. The lowest BCUT2D eigenvalue weighted by molar-refractivity contribution is -0.135. The van der Waals surface area contributed by atoms with Crippen LogP contribution in [-0.2, 0) is 4.79 Å². The molecule has 1 fully saturated rings. The van der Waals surface area contributed by atoms with Crippen LogP contribution in [-0.4, -0.2) is 36.5 Å². The minimum atomic E-state index is 0.110. The summed E-state index contributed by atoms with van der Waals surface area (Å²) in [5.41, 5.74) is 2.78. The van der Waals surface area contributed by atoms with Crippen LogP contribution in [0.3, 0.4) is 0 Å². The zero-order valence-electron chi connectivity index (χ0n) is 16.8. The minimum Gasteiger partial charge on any atom is -0.342 e. The summed E-state index contributed by atoms with van der Waals surface area (Å²) in [6.45, 7) is 8.98. The summed E-state index contributed by atoms with van der Waals surface area (Å²) in [6, 6.07) is 11.1. The van der Waals surface area contributed by atoms with Crippen molar-refractivity contribution in [3.8, 4) is 0 Å². The second-order valence-corrected chi connectivity index (χ2v) is 7.81. The van der Waals surface area contributed by atoms with Gasteiger partial charge in [-0.15, -0.1) is 0 Å². The van der Waals surface area contributed by atoms with Gasteiger partial charge in [0.15, 0.2) is 0 Å². The fourth-order valence-electron chi connectivity index (χ4n) is 3.54. The monoisotopic (exact) mass is 356 g/mol. The summed E-state index contributed by atoms with van der Waals surface area (Å²) in [5, 5.41) is 3.75. The summed E-state index contributed by atoms with van der Waals surface area (Å²) >= 11 is 0. The number of benzene rings is 1. The first-order chi connectivity index (χ1) is 12.6. The molecule has 0 atom stereocenters. The van der Waals surface area contributed by atoms with Crippen molar-refractivity contribution in [2.45, 2.75) is 65.3 Å². The Morgan fingerprint density at radius 2 is 1.88 bits per heavy atom. The fraction of sp³-hybridized carbons (Fsp3) is 0.609. The van der Waals surface area contributed by atoms with Crippen molar-refractivity contribution >= 4 is 12.0 Å². The molecule has 1 saturated heterocycles. The number of hydrogen-bond donors (Lipinski definition) is 1. The average molecular weight is 357 g/mol. The molecule has 0 unspecified atom stereocenters. The highest BCUT2D eigenvalue weighted by Crippen LogP contribution is 2.16. The lowest BCUT2D eigenvalue weighted by atomic mass is 10.0. The van der Waals surface area contributed by atoms with Gasteiger partial charge in [0, 0.05) is 31.6 Å². The molecule has 144 valence electrons. The van der Waals surface area contributed by atoms with Gasteiger partial charge in [0.05, 0.1) is 0 Å². The molecule has 0 bridgehead atoms. The summed E-state index contributed by atoms with van der Waals surface area (Å²) in [4.78, 5) is 14.1. The van der Waals surface area contributed by atoms with Crippen molar-refractivity contribution in [1.29, 1.82) is 0 Å². The third kappa shape index (κ3) is 6.95. The summed E-state index contributed by atoms with van der Waals surface area (Å²) < 4.78 is 0. The predicted octanol–water partition coefficient (Wildman–Crippen LogP) is 4.89. The van der Waals surface area contributed by atoms with Crippen molar-refractivity contribution in [3.05, 3.63) is 41.5 Å². The number of likely N-dealkylation sites (tertiary alicyclic amines) is 1. The quantitative estimate of drug-likeness (QED) is 0.639. The van der Waals surface area contributed by atoms with Gasteiger partial charge in [0.25, 0.3) is 0 Å². The number of carbonyl (C=O) groups is 1. The molecular weight excluding hydrogens is 320 g/mol. The predicted molar refractivity (Wildman–Crippen MR) is 111 cm³/mol. The maximum atomic E-state index is 12.1. The van der Waals surface area contributed by atoms with Gasteiger partial charge in [-0.25, -0.2) is 0 Å². The molecule has 0 radical (unpaired) electrons. The van der Waals surface area contributed by atoms with Crippen molar-refractivity contribution in [2.75, 3.05) is 19.6 Å². The van der Waals surface area contributed by atoms with E-state index in [9.17, 15) is 4.79 Å². The van der Waals surface area contributed by atoms with Crippen molar-refractivity contribution in [2.24, 2.45) is 5.92 Å². The van der Waals surface area contributed by atoms with E-state index in [1.54, 1.807) is 0 Å². The molecule has 0 saturated carbocycles. The van der Waals surface area contributed by atoms with Crippen molar-refractivity contribution in [1.82, 2.24) is 10.2 Å². The van der Waals surface area contributed by atoms with Gasteiger partial charge in [-0.3, -0.25) is 4.79 Å². The Morgan fingerprint density at radius 3 is 2.50 bits per heavy atom. The summed E-state index contributed by atoms with van der Waals surface area (Å²) in [7, 11) is 0. The van der Waals surface area contributed by atoms with Gasteiger partial charge in [-0.1, -0.05) is 75.6 Å². The van der Waals surface area contributed by atoms with Crippen LogP contribution < -0.4 is 5.32 Å². The Balaban J connectivity index is 1.85. The molecule has 1 aliphatic heterocycles. The van der Waals surface area contributed by atoms with E-state index in [0.717, 1.165) is 32.5 Å². The normalized spacial score (nSPS) is 16.3. The second kappa shape index (κ2) is 11.2. The fourth-order valence-corrected chi connectivity index (χ4v) is 3.54. The SMILES string of the molecule is CCCCC/C(=C/c1ccccc1)CNC1CCN(C(=O)C(C)C)CC1. The number of amides is 1. The first-order valence-electron chi connectivity index (χ1n) is 10.4. The molecule has 3 heteroatoms. The Hall–Kier alpha value is -1.61. The number of carbonyl (C=O) groups excluding carboxylic acids is 1. The van der Waals surface area contributed by atoms with Crippen LogP contribution in [0.4, 0.5) is 0 Å². The number of rotatable bonds is 9. The smallest absolute Gasteiger partial charge is 0.225 e. The van der Waals surface area contributed by atoms with Crippen LogP contribution in [0.1, 0.15) is 64.9 Å². The molecule has 1 aromatic carbocycles. The van der Waals surface area contributed by atoms with E-state index in [2.05, 4.69) is 48.6 Å². The van der Waals surface area contributed by atoms with E-state index >= 15 is 0 Å². The van der Waals surface area contributed by atoms with Crippen LogP contribution >= 0.6 is 0 Å². The van der Waals surface area contributed by atoms with Crippen LogP contribution in [0.5, 0.6) is 0 Å². The van der Waals surface area contributed by atoms with E-state index in [-0.39, 0.29) is 5.92 Å². The maximum Gasteiger partial charge on any atom is 0.225 e. The van der Waals surface area contributed by atoms with Gasteiger partial charge in [0.1, 0.15) is 0 Å². The lowest BCUT2D eigenvalue weighted by Gasteiger charge is -2.33. The van der Waals surface area contributed by atoms with Gasteiger partial charge >= 0.3 is 0 Å². The number of unbranched alkanes of at least 4 members (excludes halogenated alkanes) is 2. The van der Waals surface area contributed by atoms with Crippen LogP contribution in [0.15, 0.2) is 35.9 Å². The third-order valence-electron chi connectivity index (χ3n) is 5.19. The molecular formula is C23H36N2O. The molecule has 2 rings (SSSR count). The van der Waals surface area contributed by atoms with E-state index in [0.29, 0.717) is 11.9 Å². The van der Waals surface area contributed by atoms with E-state index in [1.807, 2.05) is 18.7 Å². The highest BCUT2D eigenvalue weighted by Gasteiger charge is 2.23. The minimum absolute atomic E-state index is 0.110. The van der Waals surface area contributed by atoms with Crippen LogP contribution in [0.2, 0.25) is 0 Å². The van der Waals surface area contributed by atoms with Crippen LogP contribution in [0, 0.1) is 5.92 Å². The zero-order chi connectivity index (χ0) is 18.8. The topological polar surface area (TPSA) is 32.3 Å². The molecule has 0 spiro atoms. The molecule has 26 heavy (non-hydrogen) atoms. The molecule has 1 heterocycles. The molecule has 1 aromatic rings. The summed E-state index contributed by atoms with van der Waals surface area (Å²) in [6.07, 6.45) is 9.45. The molecule has 3 nitrogen and oxygen atoms in total. The third-order valence-corrected chi connectivity index (χ3v) is 5.19. The van der Waals surface area contributed by atoms with Gasteiger partial charge < -0.3 is 10.2 Å². The maximum absolute atomic E-state index is 12.1. The van der Waals surface area contributed by atoms with Crippen molar-refractivity contribution in [3.63, 3.8) is 0 Å². The van der Waals surface area contributed by atoms with Crippen LogP contribution in [0.25, 0.3) is 6.08 Å². The molecule has 0 aliphatic carbocycles. The Kier molecular flexibility index (Phi) is 8.90. The zero-order valence-corrected chi connectivity index (χ0v) is 16.8. The first-order valence-corrected chi connectivity index (χ1v) is 10.4. The summed E-state index contributed by atoms with van der Waals surface area (Å²) in [5.74, 6) is 0.408. The largest absolute Gasteiger partial charge is 0.342 e. The van der Waals surface area contributed by atoms with Gasteiger partial charge in [-0.05, 0) is 31.2 Å². The lowest BCUT2D eigenvalue weighted by Crippen LogP contribution is -2.46. The first kappa shape index (κ1) is 20.7. The highest BCUT2D eigenvalue weighted by atomic mass is 16.2. The van der Waals surface area contributed by atoms with Gasteiger partial charge in [0.2, 0.25) is 5.91 Å². The van der Waals surface area contributed by atoms with E-state index in [4.69, 9.17) is 0 Å². The number of nitrogens with zero attached hydrogens (tertiary/aromatic N) is 1.